The third-order valence-corrected chi connectivity index (χ3v) is 7.04. The first-order valence-electron chi connectivity index (χ1n) is 13.1. The fourth-order valence-corrected chi connectivity index (χ4v) is 4.76. The van der Waals surface area contributed by atoms with Crippen LogP contribution >= 0.6 is 0 Å². The fraction of sp³-hybridized carbons (Fsp3) is 0.577. The summed E-state index contributed by atoms with van der Waals surface area (Å²) in [6, 6.07) is 7.70. The summed E-state index contributed by atoms with van der Waals surface area (Å²) in [4.78, 5) is 24.1. The van der Waals surface area contributed by atoms with Crippen LogP contribution in [0.5, 0.6) is 0 Å². The van der Waals surface area contributed by atoms with E-state index in [1.807, 2.05) is 24.3 Å². The topological polar surface area (TPSA) is 91.8 Å². The van der Waals surface area contributed by atoms with Gasteiger partial charge in [0.05, 0.1) is 32.3 Å². The van der Waals surface area contributed by atoms with Crippen molar-refractivity contribution in [2.45, 2.75) is 38.0 Å². The number of hydrogen-bond donors (Lipinski definition) is 2. The highest BCUT2D eigenvalue weighted by Gasteiger charge is 2.36. The molecule has 0 bridgehead atoms. The van der Waals surface area contributed by atoms with Crippen molar-refractivity contribution in [2.24, 2.45) is 5.92 Å². The number of benzene rings is 1. The number of morpholine rings is 1. The Balaban J connectivity index is 1.20. The number of hydrogen-bond acceptors (Lipinski definition) is 8. The van der Waals surface area contributed by atoms with Crippen LogP contribution in [0, 0.1) is 5.92 Å². The number of aromatic nitrogens is 2. The molecule has 3 heterocycles. The van der Waals surface area contributed by atoms with Gasteiger partial charge >= 0.3 is 6.18 Å². The Labute approximate surface area is 219 Å². The molecule has 2 aliphatic heterocycles. The van der Waals surface area contributed by atoms with Crippen molar-refractivity contribution < 1.29 is 27.4 Å². The van der Waals surface area contributed by atoms with E-state index in [1.165, 1.54) is 12.8 Å². The predicted molar refractivity (Wildman–Crippen MR) is 137 cm³/mol. The Hall–Kier alpha value is -3.12. The van der Waals surface area contributed by atoms with Gasteiger partial charge in [0.15, 0.2) is 0 Å². The van der Waals surface area contributed by atoms with Crippen molar-refractivity contribution in [3.05, 3.63) is 36.0 Å². The van der Waals surface area contributed by atoms with Crippen LogP contribution in [0.1, 0.15) is 31.2 Å². The number of halogens is 3. The Kier molecular flexibility index (Phi) is 8.18. The van der Waals surface area contributed by atoms with Crippen molar-refractivity contribution in [1.82, 2.24) is 14.9 Å². The van der Waals surface area contributed by atoms with Crippen molar-refractivity contribution in [3.8, 4) is 0 Å². The summed E-state index contributed by atoms with van der Waals surface area (Å²) in [6.45, 7) is 4.41. The number of carbonyl (C=O) groups is 1. The van der Waals surface area contributed by atoms with E-state index in [9.17, 15) is 18.0 Å². The normalized spacial score (nSPS) is 20.8. The summed E-state index contributed by atoms with van der Waals surface area (Å²) in [6.07, 6.45) is -0.268. The first-order valence-corrected chi connectivity index (χ1v) is 13.1. The standard InChI is InChI=1S/C26H33F3N6O3/c27-26(28,29)21-16-31-25(33-24(21)30-9-1-10-34-11-14-37-13-8-23(34)36)32-19-4-6-20(7-5-19)35-12-15-38-22(17-35)18-2-3-18/h4-7,16,18,22H,1-3,8-15,17H2,(H2,30,31,32,33). The van der Waals surface area contributed by atoms with Gasteiger partial charge in [-0.2, -0.15) is 18.2 Å². The summed E-state index contributed by atoms with van der Waals surface area (Å²) >= 11 is 0. The Morgan fingerprint density at radius 2 is 1.89 bits per heavy atom. The lowest BCUT2D eigenvalue weighted by atomic mass is 10.1. The minimum absolute atomic E-state index is 0.00521. The van der Waals surface area contributed by atoms with Crippen LogP contribution < -0.4 is 15.5 Å². The molecule has 1 aromatic carbocycles. The monoisotopic (exact) mass is 534 g/mol. The number of rotatable bonds is 9. The maximum absolute atomic E-state index is 13.6. The van der Waals surface area contributed by atoms with E-state index in [0.717, 1.165) is 25.0 Å². The molecule has 9 nitrogen and oxygen atoms in total. The molecule has 2 N–H and O–H groups in total. The van der Waals surface area contributed by atoms with Gasteiger partial charge in [-0.05, 0) is 49.4 Å². The quantitative estimate of drug-likeness (QED) is 0.468. The van der Waals surface area contributed by atoms with Gasteiger partial charge in [-0.25, -0.2) is 4.98 Å². The second kappa shape index (κ2) is 11.7. The number of ether oxygens (including phenoxy) is 2. The lowest BCUT2D eigenvalue weighted by Crippen LogP contribution is -2.43. The van der Waals surface area contributed by atoms with E-state index in [-0.39, 0.29) is 30.3 Å². The molecular formula is C26H33F3N6O3. The van der Waals surface area contributed by atoms with Crippen molar-refractivity contribution in [3.63, 3.8) is 0 Å². The van der Waals surface area contributed by atoms with Crippen LogP contribution in [0.4, 0.5) is 36.3 Å². The van der Waals surface area contributed by atoms with E-state index in [2.05, 4.69) is 25.5 Å². The molecule has 206 valence electrons. The zero-order chi connectivity index (χ0) is 26.5. The number of nitrogens with zero attached hydrogens (tertiary/aromatic N) is 4. The van der Waals surface area contributed by atoms with Gasteiger partial charge in [0.1, 0.15) is 11.4 Å². The minimum Gasteiger partial charge on any atom is -0.379 e. The number of nitrogens with one attached hydrogen (secondary N) is 2. The number of anilines is 4. The number of alkyl halides is 3. The molecule has 38 heavy (non-hydrogen) atoms. The van der Waals surface area contributed by atoms with Gasteiger partial charge in [0.2, 0.25) is 11.9 Å². The Morgan fingerprint density at radius 3 is 2.66 bits per heavy atom. The van der Waals surface area contributed by atoms with Crippen LogP contribution in [0.3, 0.4) is 0 Å². The van der Waals surface area contributed by atoms with Gasteiger partial charge in [0.25, 0.3) is 0 Å². The molecule has 1 saturated carbocycles. The van der Waals surface area contributed by atoms with Gasteiger partial charge in [0, 0.05) is 50.3 Å². The second-order valence-electron chi connectivity index (χ2n) is 9.84. The summed E-state index contributed by atoms with van der Waals surface area (Å²) in [5.74, 6) is 0.434. The molecule has 3 fully saturated rings. The van der Waals surface area contributed by atoms with Crippen LogP contribution in [0.25, 0.3) is 0 Å². The molecule has 0 radical (unpaired) electrons. The zero-order valence-electron chi connectivity index (χ0n) is 21.2. The summed E-state index contributed by atoms with van der Waals surface area (Å²) < 4.78 is 52.0. The minimum atomic E-state index is -4.60. The highest BCUT2D eigenvalue weighted by molar-refractivity contribution is 5.76. The first kappa shape index (κ1) is 26.5. The van der Waals surface area contributed by atoms with Crippen LogP contribution in [-0.2, 0) is 20.4 Å². The summed E-state index contributed by atoms with van der Waals surface area (Å²) in [5, 5.41) is 5.79. The molecule has 2 aromatic rings. The lowest BCUT2D eigenvalue weighted by Gasteiger charge is -2.34. The lowest BCUT2D eigenvalue weighted by molar-refractivity contribution is -0.137. The molecule has 3 aliphatic rings. The molecular weight excluding hydrogens is 501 g/mol. The molecule has 1 unspecified atom stereocenters. The molecule has 1 atom stereocenters. The zero-order valence-corrected chi connectivity index (χ0v) is 21.2. The average molecular weight is 535 g/mol. The van der Waals surface area contributed by atoms with Gasteiger partial charge < -0.3 is 29.9 Å². The maximum atomic E-state index is 13.6. The van der Waals surface area contributed by atoms with E-state index in [4.69, 9.17) is 9.47 Å². The van der Waals surface area contributed by atoms with Crippen LogP contribution in [0.15, 0.2) is 30.5 Å². The summed E-state index contributed by atoms with van der Waals surface area (Å²) in [7, 11) is 0. The second-order valence-corrected chi connectivity index (χ2v) is 9.84. The largest absolute Gasteiger partial charge is 0.421 e. The highest BCUT2D eigenvalue weighted by Crippen LogP contribution is 2.37. The summed E-state index contributed by atoms with van der Waals surface area (Å²) in [5.41, 5.74) is 0.818. The Bertz CT molecular complexity index is 1100. The maximum Gasteiger partial charge on any atom is 0.421 e. The smallest absolute Gasteiger partial charge is 0.379 e. The molecule has 1 amide bonds. The predicted octanol–water partition coefficient (Wildman–Crippen LogP) is 3.91. The molecule has 12 heteroatoms. The molecule has 1 aromatic heterocycles. The molecule has 1 aliphatic carbocycles. The van der Waals surface area contributed by atoms with Crippen molar-refractivity contribution >= 4 is 29.0 Å². The number of carbonyl (C=O) groups excluding carboxylic acids is 1. The van der Waals surface area contributed by atoms with E-state index in [1.54, 1.807) is 4.90 Å². The van der Waals surface area contributed by atoms with Gasteiger partial charge in [-0.15, -0.1) is 0 Å². The Morgan fingerprint density at radius 1 is 1.08 bits per heavy atom. The number of amides is 1. The highest BCUT2D eigenvalue weighted by atomic mass is 19.4. The van der Waals surface area contributed by atoms with Crippen LogP contribution in [-0.4, -0.2) is 79.4 Å². The molecule has 0 spiro atoms. The van der Waals surface area contributed by atoms with Gasteiger partial charge in [-0.1, -0.05) is 0 Å². The van der Waals surface area contributed by atoms with E-state index in [0.29, 0.717) is 57.4 Å². The van der Waals surface area contributed by atoms with Crippen molar-refractivity contribution in [2.75, 3.05) is 68.1 Å². The van der Waals surface area contributed by atoms with Crippen molar-refractivity contribution in [1.29, 1.82) is 0 Å². The molecule has 5 rings (SSSR count). The van der Waals surface area contributed by atoms with E-state index < -0.39 is 11.7 Å². The first-order chi connectivity index (χ1) is 18.4. The fourth-order valence-electron chi connectivity index (χ4n) is 4.76. The van der Waals surface area contributed by atoms with Gasteiger partial charge in [-0.3, -0.25) is 4.79 Å². The third kappa shape index (κ3) is 6.84. The molecule has 2 saturated heterocycles. The average Bonchev–Trinajstić information content (AvgIpc) is 3.76. The third-order valence-electron chi connectivity index (χ3n) is 7.04. The van der Waals surface area contributed by atoms with Crippen LogP contribution in [0.2, 0.25) is 0 Å². The van der Waals surface area contributed by atoms with E-state index >= 15 is 0 Å². The SMILES string of the molecule is O=C1CCOCCN1CCCNc1nc(Nc2ccc(N3CCOC(C4CC4)C3)cc2)ncc1C(F)(F)F.